The molecule has 1 atom stereocenters. The monoisotopic (exact) mass is 268 g/mol. The van der Waals surface area contributed by atoms with Gasteiger partial charge in [-0.2, -0.15) is 0 Å². The molecule has 1 saturated carbocycles. The maximum absolute atomic E-state index is 12.1. The van der Waals surface area contributed by atoms with Gasteiger partial charge in [0.1, 0.15) is 0 Å². The first-order valence-electron chi connectivity index (χ1n) is 7.89. The van der Waals surface area contributed by atoms with Crippen LogP contribution in [0.5, 0.6) is 0 Å². The average molecular weight is 268 g/mol. The molecule has 3 nitrogen and oxygen atoms in total. The van der Waals surface area contributed by atoms with Gasteiger partial charge in [-0.25, -0.2) is 0 Å². The summed E-state index contributed by atoms with van der Waals surface area (Å²) in [6.45, 7) is 11.5. The molecule has 0 saturated heterocycles. The zero-order chi connectivity index (χ0) is 14.5. The van der Waals surface area contributed by atoms with Crippen molar-refractivity contribution < 1.29 is 4.79 Å². The zero-order valence-corrected chi connectivity index (χ0v) is 13.4. The summed E-state index contributed by atoms with van der Waals surface area (Å²) in [7, 11) is 0. The molecule has 0 heterocycles. The predicted molar refractivity (Wildman–Crippen MR) is 81.2 cm³/mol. The summed E-state index contributed by atoms with van der Waals surface area (Å²) in [5, 5.41) is 6.56. The first-order chi connectivity index (χ1) is 8.84. The maximum atomic E-state index is 12.1. The van der Waals surface area contributed by atoms with Gasteiger partial charge >= 0.3 is 0 Å². The number of hydrogen-bond donors (Lipinski definition) is 2. The molecule has 3 heteroatoms. The normalized spacial score (nSPS) is 20.3. The van der Waals surface area contributed by atoms with Gasteiger partial charge in [0, 0.05) is 12.1 Å². The van der Waals surface area contributed by atoms with E-state index in [1.807, 2.05) is 6.92 Å². The van der Waals surface area contributed by atoms with Crippen LogP contribution in [0.4, 0.5) is 0 Å². The lowest BCUT2D eigenvalue weighted by molar-refractivity contribution is -0.124. The summed E-state index contributed by atoms with van der Waals surface area (Å²) in [6.07, 6.45) is 7.48. The van der Waals surface area contributed by atoms with Crippen LogP contribution < -0.4 is 10.6 Å². The van der Waals surface area contributed by atoms with E-state index in [0.717, 1.165) is 13.0 Å². The number of amides is 1. The van der Waals surface area contributed by atoms with Crippen LogP contribution in [0.1, 0.15) is 73.1 Å². The molecule has 1 aliphatic rings. The second-order valence-corrected chi connectivity index (χ2v) is 6.89. The summed E-state index contributed by atoms with van der Waals surface area (Å²) < 4.78 is 0. The molecule has 0 aromatic heterocycles. The van der Waals surface area contributed by atoms with Crippen LogP contribution in [-0.2, 0) is 4.79 Å². The molecule has 1 unspecified atom stereocenters. The quantitative estimate of drug-likeness (QED) is 0.744. The molecular formula is C16H32N2O. The van der Waals surface area contributed by atoms with E-state index in [0.29, 0.717) is 5.41 Å². The molecule has 0 spiro atoms. The summed E-state index contributed by atoms with van der Waals surface area (Å²) in [4.78, 5) is 12.1. The molecule has 0 aliphatic heterocycles. The zero-order valence-electron chi connectivity index (χ0n) is 13.4. The lowest BCUT2D eigenvalue weighted by Gasteiger charge is -2.31. The predicted octanol–water partition coefficient (Wildman–Crippen LogP) is 3.24. The molecule has 112 valence electrons. The molecule has 2 N–H and O–H groups in total. The van der Waals surface area contributed by atoms with Crippen LogP contribution >= 0.6 is 0 Å². The Kier molecular flexibility index (Phi) is 5.84. The number of rotatable bonds is 7. The molecular weight excluding hydrogens is 236 g/mol. The number of hydrogen-bond acceptors (Lipinski definition) is 2. The van der Waals surface area contributed by atoms with Gasteiger partial charge in [0.05, 0.1) is 6.04 Å². The van der Waals surface area contributed by atoms with Crippen LogP contribution in [0.15, 0.2) is 0 Å². The first-order valence-corrected chi connectivity index (χ1v) is 7.89. The minimum absolute atomic E-state index is 0.102. The van der Waals surface area contributed by atoms with Crippen molar-refractivity contribution in [3.8, 4) is 0 Å². The molecule has 1 aliphatic carbocycles. The SMILES string of the molecule is CCC1(CNC(C)C(=O)NC(C)(C)CC)CCCC1. The Balaban J connectivity index is 2.42. The minimum atomic E-state index is -0.108. The van der Waals surface area contributed by atoms with Crippen molar-refractivity contribution >= 4 is 5.91 Å². The molecule has 0 aromatic carbocycles. The first kappa shape index (κ1) is 16.5. The Morgan fingerprint density at radius 2 is 1.84 bits per heavy atom. The van der Waals surface area contributed by atoms with E-state index in [-0.39, 0.29) is 17.5 Å². The van der Waals surface area contributed by atoms with Gasteiger partial charge in [0.2, 0.25) is 5.91 Å². The third kappa shape index (κ3) is 4.79. The molecule has 19 heavy (non-hydrogen) atoms. The Labute approximate surface area is 118 Å². The van der Waals surface area contributed by atoms with Crippen molar-refractivity contribution in [2.75, 3.05) is 6.54 Å². The second-order valence-electron chi connectivity index (χ2n) is 6.89. The number of carbonyl (C=O) groups is 1. The van der Waals surface area contributed by atoms with Crippen LogP contribution in [0.2, 0.25) is 0 Å². The fourth-order valence-corrected chi connectivity index (χ4v) is 2.77. The Hall–Kier alpha value is -0.570. The fraction of sp³-hybridized carbons (Fsp3) is 0.938. The van der Waals surface area contributed by atoms with E-state index < -0.39 is 0 Å². The smallest absolute Gasteiger partial charge is 0.237 e. The molecule has 0 aromatic rings. The highest BCUT2D eigenvalue weighted by Crippen LogP contribution is 2.40. The summed E-state index contributed by atoms with van der Waals surface area (Å²) in [6, 6.07) is -0.102. The summed E-state index contributed by atoms with van der Waals surface area (Å²) >= 11 is 0. The third-order valence-corrected chi connectivity index (χ3v) is 4.94. The van der Waals surface area contributed by atoms with Gasteiger partial charge in [0.15, 0.2) is 0 Å². The summed E-state index contributed by atoms with van der Waals surface area (Å²) in [5.74, 6) is 0.121. The van der Waals surface area contributed by atoms with E-state index in [2.05, 4.69) is 38.3 Å². The average Bonchev–Trinajstić information content (AvgIpc) is 2.85. The molecule has 0 radical (unpaired) electrons. The number of nitrogens with one attached hydrogen (secondary N) is 2. The molecule has 0 bridgehead atoms. The highest BCUT2D eigenvalue weighted by Gasteiger charge is 2.32. The Bertz CT molecular complexity index is 293. The lowest BCUT2D eigenvalue weighted by Crippen LogP contribution is -2.52. The van der Waals surface area contributed by atoms with E-state index in [9.17, 15) is 4.79 Å². The number of carbonyl (C=O) groups excluding carboxylic acids is 1. The standard InChI is InChI=1S/C16H32N2O/c1-6-15(4,5)18-14(19)13(3)17-12-16(7-2)10-8-9-11-16/h13,17H,6-12H2,1-5H3,(H,18,19). The molecule has 1 rings (SSSR count). The van der Waals surface area contributed by atoms with Crippen molar-refractivity contribution in [3.63, 3.8) is 0 Å². The van der Waals surface area contributed by atoms with Gasteiger partial charge in [-0.1, -0.05) is 26.7 Å². The van der Waals surface area contributed by atoms with Crippen molar-refractivity contribution in [2.24, 2.45) is 5.41 Å². The minimum Gasteiger partial charge on any atom is -0.350 e. The largest absolute Gasteiger partial charge is 0.350 e. The van der Waals surface area contributed by atoms with Crippen molar-refractivity contribution in [2.45, 2.75) is 84.7 Å². The van der Waals surface area contributed by atoms with Gasteiger partial charge in [-0.3, -0.25) is 4.79 Å². The van der Waals surface area contributed by atoms with Crippen LogP contribution in [-0.4, -0.2) is 24.0 Å². The molecule has 1 amide bonds. The van der Waals surface area contributed by atoms with Crippen molar-refractivity contribution in [1.29, 1.82) is 0 Å². The van der Waals surface area contributed by atoms with Gasteiger partial charge < -0.3 is 10.6 Å². The van der Waals surface area contributed by atoms with Crippen LogP contribution in [0.25, 0.3) is 0 Å². The Morgan fingerprint density at radius 1 is 1.26 bits per heavy atom. The van der Waals surface area contributed by atoms with E-state index in [1.165, 1.54) is 32.1 Å². The van der Waals surface area contributed by atoms with Crippen molar-refractivity contribution in [1.82, 2.24) is 10.6 Å². The highest BCUT2D eigenvalue weighted by molar-refractivity contribution is 5.81. The van der Waals surface area contributed by atoms with E-state index in [4.69, 9.17) is 0 Å². The molecule has 1 fully saturated rings. The fourth-order valence-electron chi connectivity index (χ4n) is 2.77. The van der Waals surface area contributed by atoms with Gasteiger partial charge in [-0.15, -0.1) is 0 Å². The van der Waals surface area contributed by atoms with Crippen molar-refractivity contribution in [3.05, 3.63) is 0 Å². The van der Waals surface area contributed by atoms with Crippen LogP contribution in [0.3, 0.4) is 0 Å². The van der Waals surface area contributed by atoms with E-state index in [1.54, 1.807) is 0 Å². The lowest BCUT2D eigenvalue weighted by atomic mass is 9.83. The maximum Gasteiger partial charge on any atom is 0.237 e. The van der Waals surface area contributed by atoms with Gasteiger partial charge in [-0.05, 0) is 51.9 Å². The third-order valence-electron chi connectivity index (χ3n) is 4.94. The van der Waals surface area contributed by atoms with Crippen LogP contribution in [0, 0.1) is 5.41 Å². The van der Waals surface area contributed by atoms with Gasteiger partial charge in [0.25, 0.3) is 0 Å². The highest BCUT2D eigenvalue weighted by atomic mass is 16.2. The summed E-state index contributed by atoms with van der Waals surface area (Å²) in [5.41, 5.74) is 0.331. The Morgan fingerprint density at radius 3 is 2.32 bits per heavy atom. The topological polar surface area (TPSA) is 41.1 Å². The van der Waals surface area contributed by atoms with E-state index >= 15 is 0 Å². The second kappa shape index (κ2) is 6.74.